The van der Waals surface area contributed by atoms with Gasteiger partial charge in [-0.25, -0.2) is 9.97 Å². The zero-order valence-electron chi connectivity index (χ0n) is 9.75. The smallest absolute Gasteiger partial charge is 0.251 e. The zero-order valence-corrected chi connectivity index (χ0v) is 9.75. The summed E-state index contributed by atoms with van der Waals surface area (Å²) in [5.41, 5.74) is 1.41. The Hall–Kier alpha value is -1.63. The lowest BCUT2D eigenvalue weighted by Gasteiger charge is -2.21. The van der Waals surface area contributed by atoms with E-state index < -0.39 is 0 Å². The molecule has 0 aromatic carbocycles. The van der Waals surface area contributed by atoms with Crippen molar-refractivity contribution in [3.05, 3.63) is 17.1 Å². The molecule has 0 spiro atoms. The van der Waals surface area contributed by atoms with Crippen LogP contribution in [-0.2, 0) is 0 Å². The van der Waals surface area contributed by atoms with Crippen molar-refractivity contribution in [1.82, 2.24) is 9.97 Å². The molecule has 0 amide bonds. The van der Waals surface area contributed by atoms with E-state index in [1.54, 1.807) is 0 Å². The Morgan fingerprint density at radius 3 is 2.13 bits per heavy atom. The SMILES string of the molecule is Cc1nc(C#N)c(OC(C)(C)C)nc1C. The standard InChI is InChI=1S/C11H15N3O/c1-7-8(2)14-10(9(6-12)13-7)15-11(3,4)5/h1-5H3. The van der Waals surface area contributed by atoms with Crippen LogP contribution in [0.15, 0.2) is 0 Å². The van der Waals surface area contributed by atoms with Gasteiger partial charge in [-0.3, -0.25) is 0 Å². The maximum Gasteiger partial charge on any atom is 0.251 e. The first-order valence-electron chi connectivity index (χ1n) is 4.78. The van der Waals surface area contributed by atoms with Crippen molar-refractivity contribution in [2.75, 3.05) is 0 Å². The topological polar surface area (TPSA) is 58.8 Å². The summed E-state index contributed by atoms with van der Waals surface area (Å²) < 4.78 is 5.56. The predicted octanol–water partition coefficient (Wildman–Crippen LogP) is 2.14. The fourth-order valence-corrected chi connectivity index (χ4v) is 1.02. The van der Waals surface area contributed by atoms with Gasteiger partial charge in [0.15, 0.2) is 0 Å². The zero-order chi connectivity index (χ0) is 11.6. The maximum absolute atomic E-state index is 8.90. The first-order chi connectivity index (χ1) is 6.83. The molecule has 0 radical (unpaired) electrons. The van der Waals surface area contributed by atoms with E-state index in [1.807, 2.05) is 40.7 Å². The molecule has 0 fully saturated rings. The van der Waals surface area contributed by atoms with E-state index in [-0.39, 0.29) is 11.3 Å². The van der Waals surface area contributed by atoms with Gasteiger partial charge in [0.05, 0.1) is 11.4 Å². The van der Waals surface area contributed by atoms with Crippen LogP contribution in [0.2, 0.25) is 0 Å². The second kappa shape index (κ2) is 3.85. The summed E-state index contributed by atoms with van der Waals surface area (Å²) in [7, 11) is 0. The minimum atomic E-state index is -0.373. The highest BCUT2D eigenvalue weighted by molar-refractivity contribution is 5.33. The molecule has 0 aliphatic rings. The molecular formula is C11H15N3O. The fourth-order valence-electron chi connectivity index (χ4n) is 1.02. The Morgan fingerprint density at radius 1 is 1.13 bits per heavy atom. The van der Waals surface area contributed by atoms with Crippen LogP contribution in [0.1, 0.15) is 37.9 Å². The van der Waals surface area contributed by atoms with E-state index in [4.69, 9.17) is 10.00 Å². The fraction of sp³-hybridized carbons (Fsp3) is 0.545. The number of hydrogen-bond acceptors (Lipinski definition) is 4. The molecule has 0 saturated heterocycles. The van der Waals surface area contributed by atoms with Crippen LogP contribution in [0.4, 0.5) is 0 Å². The van der Waals surface area contributed by atoms with E-state index in [0.29, 0.717) is 5.88 Å². The molecule has 1 rings (SSSR count). The van der Waals surface area contributed by atoms with E-state index in [0.717, 1.165) is 11.4 Å². The molecule has 0 aliphatic carbocycles. The van der Waals surface area contributed by atoms with Crippen molar-refractivity contribution in [1.29, 1.82) is 5.26 Å². The van der Waals surface area contributed by atoms with Crippen LogP contribution in [-0.4, -0.2) is 15.6 Å². The van der Waals surface area contributed by atoms with Gasteiger partial charge in [0.2, 0.25) is 5.69 Å². The number of aromatic nitrogens is 2. The van der Waals surface area contributed by atoms with Crippen LogP contribution in [0.3, 0.4) is 0 Å². The molecule has 0 aliphatic heterocycles. The molecule has 0 unspecified atom stereocenters. The summed E-state index contributed by atoms with van der Waals surface area (Å²) in [5, 5.41) is 8.90. The molecular weight excluding hydrogens is 190 g/mol. The lowest BCUT2D eigenvalue weighted by atomic mass is 10.2. The predicted molar refractivity (Wildman–Crippen MR) is 56.6 cm³/mol. The van der Waals surface area contributed by atoms with E-state index in [1.165, 1.54) is 0 Å². The molecule has 0 atom stereocenters. The number of aryl methyl sites for hydroxylation is 2. The largest absolute Gasteiger partial charge is 0.470 e. The second-order valence-electron chi connectivity index (χ2n) is 4.37. The molecule has 4 heteroatoms. The monoisotopic (exact) mass is 205 g/mol. The van der Waals surface area contributed by atoms with Gasteiger partial charge in [-0.05, 0) is 34.6 Å². The molecule has 0 bridgehead atoms. The van der Waals surface area contributed by atoms with Crippen molar-refractivity contribution in [2.24, 2.45) is 0 Å². The lowest BCUT2D eigenvalue weighted by Crippen LogP contribution is -2.24. The van der Waals surface area contributed by atoms with Gasteiger partial charge < -0.3 is 4.74 Å². The highest BCUT2D eigenvalue weighted by Gasteiger charge is 2.17. The van der Waals surface area contributed by atoms with E-state index >= 15 is 0 Å². The van der Waals surface area contributed by atoms with Crippen LogP contribution >= 0.6 is 0 Å². The van der Waals surface area contributed by atoms with Crippen LogP contribution < -0.4 is 4.74 Å². The van der Waals surface area contributed by atoms with Gasteiger partial charge in [0.25, 0.3) is 5.88 Å². The minimum Gasteiger partial charge on any atom is -0.470 e. The summed E-state index contributed by atoms with van der Waals surface area (Å²) >= 11 is 0. The highest BCUT2D eigenvalue weighted by atomic mass is 16.5. The molecule has 15 heavy (non-hydrogen) atoms. The highest BCUT2D eigenvalue weighted by Crippen LogP contribution is 2.19. The van der Waals surface area contributed by atoms with Gasteiger partial charge in [-0.1, -0.05) is 0 Å². The summed E-state index contributed by atoms with van der Waals surface area (Å²) in [5.74, 6) is 0.313. The Labute approximate surface area is 89.9 Å². The third-order valence-electron chi connectivity index (χ3n) is 1.78. The summed E-state index contributed by atoms with van der Waals surface area (Å²) in [6, 6.07) is 1.99. The first kappa shape index (κ1) is 11.4. The Bertz CT molecular complexity index is 413. The lowest BCUT2D eigenvalue weighted by molar-refractivity contribution is 0.122. The summed E-state index contributed by atoms with van der Waals surface area (Å²) in [6.07, 6.45) is 0. The number of nitrogens with zero attached hydrogens (tertiary/aromatic N) is 3. The molecule has 80 valence electrons. The van der Waals surface area contributed by atoms with E-state index in [2.05, 4.69) is 9.97 Å². The third-order valence-corrected chi connectivity index (χ3v) is 1.78. The van der Waals surface area contributed by atoms with Crippen LogP contribution in [0, 0.1) is 25.2 Å². The number of hydrogen-bond donors (Lipinski definition) is 0. The molecule has 4 nitrogen and oxygen atoms in total. The number of rotatable bonds is 1. The quantitative estimate of drug-likeness (QED) is 0.704. The average Bonchev–Trinajstić information content (AvgIpc) is 2.08. The Balaban J connectivity index is 3.18. The van der Waals surface area contributed by atoms with Gasteiger partial charge >= 0.3 is 0 Å². The third kappa shape index (κ3) is 2.91. The molecule has 0 N–H and O–H groups in total. The summed E-state index contributed by atoms with van der Waals surface area (Å²) in [6.45, 7) is 9.39. The Morgan fingerprint density at radius 2 is 1.67 bits per heavy atom. The second-order valence-corrected chi connectivity index (χ2v) is 4.37. The van der Waals surface area contributed by atoms with Crippen molar-refractivity contribution < 1.29 is 4.74 Å². The van der Waals surface area contributed by atoms with Gasteiger partial charge in [-0.2, -0.15) is 5.26 Å². The number of ether oxygens (including phenoxy) is 1. The van der Waals surface area contributed by atoms with Gasteiger partial charge in [0, 0.05) is 0 Å². The molecule has 1 heterocycles. The first-order valence-corrected chi connectivity index (χ1v) is 4.78. The summed E-state index contributed by atoms with van der Waals surface area (Å²) in [4.78, 5) is 8.35. The van der Waals surface area contributed by atoms with Gasteiger partial charge in [-0.15, -0.1) is 0 Å². The normalized spacial score (nSPS) is 10.9. The maximum atomic E-state index is 8.90. The van der Waals surface area contributed by atoms with Crippen molar-refractivity contribution in [3.63, 3.8) is 0 Å². The van der Waals surface area contributed by atoms with Crippen molar-refractivity contribution in [3.8, 4) is 11.9 Å². The average molecular weight is 205 g/mol. The molecule has 0 saturated carbocycles. The van der Waals surface area contributed by atoms with E-state index in [9.17, 15) is 0 Å². The van der Waals surface area contributed by atoms with Crippen molar-refractivity contribution in [2.45, 2.75) is 40.2 Å². The van der Waals surface area contributed by atoms with Crippen molar-refractivity contribution >= 4 is 0 Å². The van der Waals surface area contributed by atoms with Gasteiger partial charge in [0.1, 0.15) is 11.7 Å². The van der Waals surface area contributed by atoms with Crippen LogP contribution in [0.25, 0.3) is 0 Å². The minimum absolute atomic E-state index is 0.244. The number of nitriles is 1. The Kier molecular flexibility index (Phi) is 2.94. The molecule has 1 aromatic rings. The molecule has 1 aromatic heterocycles. The van der Waals surface area contributed by atoms with Crippen LogP contribution in [0.5, 0.6) is 5.88 Å².